The lowest BCUT2D eigenvalue weighted by molar-refractivity contribution is -0.137. The molecule has 23 N–H and O–H groups in total. The van der Waals surface area contributed by atoms with Crippen LogP contribution in [0.25, 0.3) is 10.9 Å². The number of unbranched alkanes of at least 4 members (excludes halogenated alkanes) is 1. The van der Waals surface area contributed by atoms with Crippen LogP contribution in [-0.4, -0.2) is 213 Å². The van der Waals surface area contributed by atoms with Gasteiger partial charge in [0.05, 0.1) is 18.8 Å². The SMILES string of the molecule is CC(C)NCc1ccc(C[C@@H]2NC(=O)[C@@H](Cc3c[nH]c4ccccc34)NC(=O)[C@@H]3CCC(=O)NCCCC[C@H](NC(=O)[C@H](Cc4ccccc4)NC(=O)[C@@H]([C@@H](C)O)NC2=O)C(=O)N[C@@H](CO)C(=O)N[C@H](C(N)=O)CSSC[C@H](NC(=O)[C@@H](N)Cc2ccc(O)cc2)C(=O)N[C@@H](CCCCN)C(=O)N[C@@H](Cc2ccccc2)C(=O)N3)cc1. The van der Waals surface area contributed by atoms with Crippen LogP contribution in [0, 0.1) is 0 Å². The summed E-state index contributed by atoms with van der Waals surface area (Å²) < 4.78 is 0. The van der Waals surface area contributed by atoms with Crippen LogP contribution in [0.4, 0.5) is 0 Å². The van der Waals surface area contributed by atoms with Crippen molar-refractivity contribution in [3.05, 3.63) is 173 Å². The highest BCUT2D eigenvalue weighted by Crippen LogP contribution is 2.25. The molecule has 1 aromatic heterocycles. The second-order valence-electron chi connectivity index (χ2n) is 29.1. The molecule has 13 amide bonds. The first-order valence-corrected chi connectivity index (χ1v) is 41.2. The van der Waals surface area contributed by atoms with E-state index in [9.17, 15) is 48.9 Å². The minimum Gasteiger partial charge on any atom is -0.508 e. The van der Waals surface area contributed by atoms with Crippen molar-refractivity contribution in [2.24, 2.45) is 17.2 Å². The quantitative estimate of drug-likeness (QED) is 0.0286. The molecule has 0 unspecified atom stereocenters. The lowest BCUT2D eigenvalue weighted by Crippen LogP contribution is -2.63. The Morgan fingerprint density at radius 2 is 1.03 bits per heavy atom. The molecule has 33 nitrogen and oxygen atoms in total. The van der Waals surface area contributed by atoms with E-state index in [1.807, 2.05) is 26.0 Å². The highest BCUT2D eigenvalue weighted by Gasteiger charge is 2.39. The molecule has 0 radical (unpaired) electrons. The zero-order chi connectivity index (χ0) is 83.8. The van der Waals surface area contributed by atoms with E-state index in [1.54, 1.807) is 115 Å². The van der Waals surface area contributed by atoms with Gasteiger partial charge in [0.2, 0.25) is 76.8 Å². The highest BCUT2D eigenvalue weighted by molar-refractivity contribution is 8.76. The summed E-state index contributed by atoms with van der Waals surface area (Å²) in [6.07, 6.45) is -1.68. The second-order valence-corrected chi connectivity index (χ2v) is 31.7. The Morgan fingerprint density at radius 3 is 1.62 bits per heavy atom. The number of phenolic OH excluding ortho intramolecular Hbond substituents is 1. The molecule has 116 heavy (non-hydrogen) atoms. The normalized spacial score (nSPS) is 23.5. The molecule has 8 rings (SSSR count). The van der Waals surface area contributed by atoms with Crippen LogP contribution < -0.4 is 86.3 Å². The molecule has 35 heteroatoms. The van der Waals surface area contributed by atoms with Gasteiger partial charge in [0.25, 0.3) is 0 Å². The lowest BCUT2D eigenvalue weighted by Gasteiger charge is -2.29. The van der Waals surface area contributed by atoms with Gasteiger partial charge >= 0.3 is 0 Å². The topological polar surface area (TPSA) is 533 Å². The zero-order valence-electron chi connectivity index (χ0n) is 65.0. The van der Waals surface area contributed by atoms with Crippen molar-refractivity contribution < 1.29 is 77.6 Å². The average Bonchev–Trinajstić information content (AvgIpc) is 1.66. The summed E-state index contributed by atoms with van der Waals surface area (Å²) in [5, 5.41) is 68.3. The van der Waals surface area contributed by atoms with E-state index in [0.717, 1.165) is 27.2 Å². The molecule has 13 atom stereocenters. The van der Waals surface area contributed by atoms with Crippen molar-refractivity contribution in [1.82, 2.24) is 74.1 Å². The van der Waals surface area contributed by atoms with Crippen LogP contribution in [-0.2, 0) is 101 Å². The van der Waals surface area contributed by atoms with E-state index in [1.165, 1.54) is 19.1 Å². The van der Waals surface area contributed by atoms with Gasteiger partial charge in [0.1, 0.15) is 72.2 Å². The van der Waals surface area contributed by atoms with E-state index >= 15 is 28.8 Å². The maximum absolute atomic E-state index is 15.6. The first kappa shape index (κ1) is 90.6. The van der Waals surface area contributed by atoms with Gasteiger partial charge < -0.3 is 107 Å². The Balaban J connectivity index is 1.25. The number of aromatic hydroxyl groups is 1. The number of aromatic amines is 1. The number of aliphatic hydroxyl groups is 2. The van der Waals surface area contributed by atoms with Gasteiger partial charge in [-0.25, -0.2) is 0 Å². The van der Waals surface area contributed by atoms with Crippen molar-refractivity contribution in [3.63, 3.8) is 0 Å². The van der Waals surface area contributed by atoms with Gasteiger partial charge in [-0.3, -0.25) is 62.3 Å². The summed E-state index contributed by atoms with van der Waals surface area (Å²) in [6.45, 7) is 4.66. The number of benzene rings is 5. The number of H-pyrrole nitrogens is 1. The molecule has 2 saturated heterocycles. The molecule has 0 aliphatic carbocycles. The first-order valence-electron chi connectivity index (χ1n) is 38.8. The van der Waals surface area contributed by atoms with Gasteiger partial charge in [0, 0.05) is 79.8 Å². The van der Waals surface area contributed by atoms with E-state index in [0.29, 0.717) is 51.7 Å². The standard InChI is InChI=1S/C81H107N17O16S2/c1-46(2)86-41-52-26-24-51(25-27-52)39-63-78(111)98-69(47(3)100)81(114)94-62(38-49-18-8-5-9-19-49)76(109)88-59-23-13-15-35-85-68(102)33-32-60(74(107)93-64(77(110)92-63)40-53-42-87-57-21-11-10-20-55(53)57)90-75(108)61(37-48-16-6-4-7-17-48)91-72(105)58(22-12-14-34-82)89-80(113)67(97-71(104)56(83)36-50-28-30-54(101)31-29-50)45-116-115-44-66(70(84)103)96-79(112)65(43-99)95-73(59)106/h4-11,16-21,24-31,42,46-47,56,58-67,69,86-87,99-101H,12-15,22-23,32-41,43-45,82-83H2,1-3H3,(H2,84,103)(H,85,102)(H,88,109)(H,89,113)(H,90,108)(H,91,105)(H,92,110)(H,93,107)(H,94,114)(H,95,106)(H,96,112)(H,97,104)(H,98,111)/t47-,56+,58+,59+,60+,61+,62+,63+,64-,65+,66+,67+,69-/m1/s1. The smallest absolute Gasteiger partial charge is 0.245 e. The van der Waals surface area contributed by atoms with Crippen molar-refractivity contribution in [2.45, 2.75) is 195 Å². The summed E-state index contributed by atoms with van der Waals surface area (Å²) in [4.78, 5) is 195. The minimum atomic E-state index is -1.87. The summed E-state index contributed by atoms with van der Waals surface area (Å²) >= 11 is 0. The van der Waals surface area contributed by atoms with Gasteiger partial charge in [0.15, 0.2) is 0 Å². The van der Waals surface area contributed by atoms with Crippen molar-refractivity contribution in [1.29, 1.82) is 0 Å². The number of fused-ring (bicyclic) bond motifs is 10. The van der Waals surface area contributed by atoms with Crippen molar-refractivity contribution >= 4 is 109 Å². The van der Waals surface area contributed by atoms with Gasteiger partial charge in [-0.15, -0.1) is 0 Å². The third-order valence-electron chi connectivity index (χ3n) is 19.6. The fourth-order valence-corrected chi connectivity index (χ4v) is 15.3. The van der Waals surface area contributed by atoms with Crippen LogP contribution in [0.1, 0.15) is 106 Å². The Hall–Kier alpha value is -11.0. The number of primary amides is 1. The number of nitrogens with one attached hydrogen (secondary N) is 14. The first-order chi connectivity index (χ1) is 55.6. The number of phenols is 1. The van der Waals surface area contributed by atoms with Crippen LogP contribution in [0.2, 0.25) is 0 Å². The molecule has 3 heterocycles. The number of nitrogens with two attached hydrogens (primary N) is 3. The summed E-state index contributed by atoms with van der Waals surface area (Å²) in [5.74, 6) is -13.3. The number of aliphatic hydroxyl groups excluding tert-OH is 2. The molecular weight excluding hydrogens is 1530 g/mol. The number of amides is 13. The Bertz CT molecular complexity index is 4320. The highest BCUT2D eigenvalue weighted by atomic mass is 33.1. The third kappa shape index (κ3) is 28.8. The fourth-order valence-electron chi connectivity index (χ4n) is 12.9. The van der Waals surface area contributed by atoms with Crippen LogP contribution in [0.3, 0.4) is 0 Å². The maximum atomic E-state index is 15.6. The van der Waals surface area contributed by atoms with E-state index in [2.05, 4.69) is 74.1 Å². The van der Waals surface area contributed by atoms with Gasteiger partial charge in [-0.1, -0.05) is 151 Å². The molecule has 0 saturated carbocycles. The van der Waals surface area contributed by atoms with E-state index in [4.69, 9.17) is 17.2 Å². The molecule has 2 aliphatic heterocycles. The fraction of sp³-hybridized carbons (Fsp3) is 0.444. The summed E-state index contributed by atoms with van der Waals surface area (Å²) in [6, 6.07) is 17.9. The molecule has 6 aromatic rings. The van der Waals surface area contributed by atoms with Crippen LogP contribution in [0.15, 0.2) is 140 Å². The van der Waals surface area contributed by atoms with Crippen LogP contribution in [0.5, 0.6) is 5.75 Å². The van der Waals surface area contributed by atoms with Gasteiger partial charge in [-0.2, -0.15) is 0 Å². The molecule has 2 aliphatic rings. The average molecular weight is 1640 g/mol. The third-order valence-corrected chi connectivity index (χ3v) is 22.0. The predicted octanol–water partition coefficient (Wildman–Crippen LogP) is -0.992. The van der Waals surface area contributed by atoms with Crippen LogP contribution >= 0.6 is 21.6 Å². The summed E-state index contributed by atoms with van der Waals surface area (Å²) in [5.41, 5.74) is 22.3. The van der Waals surface area contributed by atoms with Gasteiger partial charge in [-0.05, 0) is 116 Å². The second kappa shape index (κ2) is 46.0. The number of rotatable bonds is 22. The number of para-hydroxylation sites is 1. The largest absolute Gasteiger partial charge is 0.508 e. The Morgan fingerprint density at radius 1 is 0.526 bits per heavy atom. The molecular formula is C81H107N17O16S2. The Labute approximate surface area is 680 Å². The molecule has 2 fully saturated rings. The number of hydrogen-bond acceptors (Lipinski definition) is 21. The Kier molecular flexibility index (Phi) is 35.9. The molecule has 624 valence electrons. The number of aromatic nitrogens is 1. The molecule has 2 bridgehead atoms. The number of carbonyl (C=O) groups excluding carboxylic acids is 13. The molecule has 0 spiro atoms. The lowest BCUT2D eigenvalue weighted by atomic mass is 9.99. The number of carbonyl (C=O) groups is 13. The van der Waals surface area contributed by atoms with Crippen molar-refractivity contribution in [2.75, 3.05) is 31.2 Å². The zero-order valence-corrected chi connectivity index (χ0v) is 66.6. The number of hydrogen-bond donors (Lipinski definition) is 20. The minimum absolute atomic E-state index is 0.0431. The van der Waals surface area contributed by atoms with E-state index in [-0.39, 0.29) is 101 Å². The van der Waals surface area contributed by atoms with Crippen molar-refractivity contribution in [3.8, 4) is 5.75 Å². The molecule has 5 aromatic carbocycles. The van der Waals surface area contributed by atoms with E-state index < -0.39 is 175 Å². The predicted molar refractivity (Wildman–Crippen MR) is 437 cm³/mol. The maximum Gasteiger partial charge on any atom is 0.245 e. The summed E-state index contributed by atoms with van der Waals surface area (Å²) in [7, 11) is 1.83. The monoisotopic (exact) mass is 1640 g/mol.